The topological polar surface area (TPSA) is 26.0 Å². The molecule has 5 unspecified atom stereocenters. The number of halogens is 1. The average Bonchev–Trinajstić information content (AvgIpc) is 2.65. The van der Waals surface area contributed by atoms with Crippen molar-refractivity contribution in [1.29, 1.82) is 0 Å². The molecule has 3 aliphatic carbocycles. The van der Waals surface area contributed by atoms with E-state index in [2.05, 4.69) is 6.07 Å². The van der Waals surface area contributed by atoms with Gasteiger partial charge in [-0.1, -0.05) is 11.6 Å². The summed E-state index contributed by atoms with van der Waals surface area (Å²) in [5.41, 5.74) is 6.43. The Hall–Kier alpha value is -0.0500. The maximum Gasteiger partial charge on any atom is 0.0931 e. The van der Waals surface area contributed by atoms with E-state index in [-0.39, 0.29) is 0 Å². The third kappa shape index (κ3) is 1.61. The highest BCUT2D eigenvalue weighted by atomic mass is 35.5. The molecule has 3 saturated carbocycles. The van der Waals surface area contributed by atoms with Gasteiger partial charge in [0, 0.05) is 10.9 Å². The lowest BCUT2D eigenvalue weighted by Gasteiger charge is -2.15. The van der Waals surface area contributed by atoms with Crippen LogP contribution in [0.2, 0.25) is 4.34 Å². The zero-order chi connectivity index (χ0) is 11.6. The maximum absolute atomic E-state index is 6.43. The minimum Gasteiger partial charge on any atom is -0.327 e. The van der Waals surface area contributed by atoms with Gasteiger partial charge in [0.05, 0.1) is 4.34 Å². The van der Waals surface area contributed by atoms with E-state index in [0.717, 1.165) is 40.3 Å². The highest BCUT2D eigenvalue weighted by molar-refractivity contribution is 7.16. The summed E-state index contributed by atoms with van der Waals surface area (Å²) in [6.07, 6.45) is 5.53. The van der Waals surface area contributed by atoms with Crippen LogP contribution in [0.25, 0.3) is 0 Å². The van der Waals surface area contributed by atoms with Crippen molar-refractivity contribution in [3.63, 3.8) is 0 Å². The molecular weight excluding hydrogens is 250 g/mol. The molecule has 1 heterocycles. The van der Waals surface area contributed by atoms with Crippen molar-refractivity contribution in [2.24, 2.45) is 35.3 Å². The number of hydrogen-bond donors (Lipinski definition) is 1. The van der Waals surface area contributed by atoms with Gasteiger partial charge in [-0.2, -0.15) is 0 Å². The second-order valence-electron chi connectivity index (χ2n) is 6.14. The van der Waals surface area contributed by atoms with Gasteiger partial charge in [-0.25, -0.2) is 0 Å². The quantitative estimate of drug-likeness (QED) is 0.890. The van der Waals surface area contributed by atoms with Gasteiger partial charge in [0.1, 0.15) is 0 Å². The van der Waals surface area contributed by atoms with Crippen LogP contribution >= 0.6 is 22.9 Å². The van der Waals surface area contributed by atoms with E-state index >= 15 is 0 Å². The number of nitrogens with two attached hydrogens (primary N) is 1. The smallest absolute Gasteiger partial charge is 0.0931 e. The van der Waals surface area contributed by atoms with E-state index in [1.807, 2.05) is 6.07 Å². The first kappa shape index (κ1) is 10.8. The Labute approximate surface area is 111 Å². The van der Waals surface area contributed by atoms with Gasteiger partial charge >= 0.3 is 0 Å². The predicted molar refractivity (Wildman–Crippen MR) is 72.3 cm³/mol. The van der Waals surface area contributed by atoms with Crippen molar-refractivity contribution in [2.75, 3.05) is 0 Å². The second kappa shape index (κ2) is 3.72. The molecule has 0 saturated heterocycles. The van der Waals surface area contributed by atoms with Crippen molar-refractivity contribution in [3.05, 3.63) is 21.3 Å². The van der Waals surface area contributed by atoms with E-state index < -0.39 is 0 Å². The van der Waals surface area contributed by atoms with Crippen molar-refractivity contribution in [1.82, 2.24) is 0 Å². The van der Waals surface area contributed by atoms with E-state index in [4.69, 9.17) is 17.3 Å². The van der Waals surface area contributed by atoms with Crippen LogP contribution in [0.4, 0.5) is 0 Å². The molecule has 5 atom stereocenters. The normalized spacial score (nSPS) is 43.8. The van der Waals surface area contributed by atoms with Crippen LogP contribution in [-0.4, -0.2) is 6.04 Å². The zero-order valence-electron chi connectivity index (χ0n) is 9.81. The number of fused-ring (bicyclic) bond motifs is 5. The lowest BCUT2D eigenvalue weighted by molar-refractivity contribution is 0.410. The lowest BCUT2D eigenvalue weighted by Crippen LogP contribution is -2.28. The standard InChI is InChI=1S/C14H18ClNS/c15-11-4-3-9(17-11)6-10(16)14-12-7-1-2-8(5-7)13(12)14/h3-4,7-8,10,12-14H,1-2,5-6,16H2. The van der Waals surface area contributed by atoms with Gasteiger partial charge in [-0.3, -0.25) is 0 Å². The Morgan fingerprint density at radius 3 is 2.59 bits per heavy atom. The lowest BCUT2D eigenvalue weighted by atomic mass is 9.96. The molecule has 2 N–H and O–H groups in total. The summed E-state index contributed by atoms with van der Waals surface area (Å²) in [6.45, 7) is 0. The van der Waals surface area contributed by atoms with Gasteiger partial charge in [-0.15, -0.1) is 11.3 Å². The zero-order valence-corrected chi connectivity index (χ0v) is 11.4. The summed E-state index contributed by atoms with van der Waals surface area (Å²) in [7, 11) is 0. The minimum absolute atomic E-state index is 0.378. The molecule has 3 aliphatic rings. The highest BCUT2D eigenvalue weighted by Crippen LogP contribution is 2.70. The van der Waals surface area contributed by atoms with Crippen LogP contribution in [0, 0.1) is 29.6 Å². The Balaban J connectivity index is 1.44. The molecule has 17 heavy (non-hydrogen) atoms. The molecule has 0 aliphatic heterocycles. The molecule has 0 radical (unpaired) electrons. The molecule has 4 rings (SSSR count). The molecule has 92 valence electrons. The molecule has 1 nitrogen and oxygen atoms in total. The van der Waals surface area contributed by atoms with Gasteiger partial charge in [-0.05, 0) is 67.4 Å². The fourth-order valence-electron chi connectivity index (χ4n) is 4.79. The molecule has 3 fully saturated rings. The molecule has 1 aromatic heterocycles. The number of rotatable bonds is 3. The van der Waals surface area contributed by atoms with Gasteiger partial charge in [0.2, 0.25) is 0 Å². The first-order chi connectivity index (χ1) is 8.24. The van der Waals surface area contributed by atoms with Gasteiger partial charge in [0.25, 0.3) is 0 Å². The first-order valence-electron chi connectivity index (χ1n) is 6.74. The monoisotopic (exact) mass is 267 g/mol. The largest absolute Gasteiger partial charge is 0.327 e. The van der Waals surface area contributed by atoms with Crippen molar-refractivity contribution in [2.45, 2.75) is 31.7 Å². The SMILES string of the molecule is NC(Cc1ccc(Cl)s1)C1C2C3CCC(C3)C12. The van der Waals surface area contributed by atoms with Crippen LogP contribution in [0.15, 0.2) is 12.1 Å². The molecular formula is C14H18ClNS. The second-order valence-corrected chi connectivity index (χ2v) is 7.94. The molecule has 0 amide bonds. The summed E-state index contributed by atoms with van der Waals surface area (Å²) in [5.74, 6) is 4.90. The number of thiophene rings is 1. The first-order valence-corrected chi connectivity index (χ1v) is 7.93. The summed E-state index contributed by atoms with van der Waals surface area (Å²) in [5, 5.41) is 0. The van der Waals surface area contributed by atoms with Crippen molar-refractivity contribution >= 4 is 22.9 Å². The fraction of sp³-hybridized carbons (Fsp3) is 0.714. The summed E-state index contributed by atoms with van der Waals surface area (Å²) in [4.78, 5) is 1.36. The maximum atomic E-state index is 6.43. The Morgan fingerprint density at radius 1 is 1.29 bits per heavy atom. The van der Waals surface area contributed by atoms with Gasteiger partial charge < -0.3 is 5.73 Å². The van der Waals surface area contributed by atoms with Crippen LogP contribution in [0.3, 0.4) is 0 Å². The van der Waals surface area contributed by atoms with E-state index in [1.165, 1.54) is 24.1 Å². The molecule has 3 heteroatoms. The predicted octanol–water partition coefficient (Wildman–Crippen LogP) is 3.56. The summed E-state index contributed by atoms with van der Waals surface area (Å²) >= 11 is 7.66. The van der Waals surface area contributed by atoms with Crippen LogP contribution in [0.1, 0.15) is 24.1 Å². The Kier molecular flexibility index (Phi) is 2.37. The third-order valence-corrected chi connectivity index (χ3v) is 6.61. The summed E-state index contributed by atoms with van der Waals surface area (Å²) < 4.78 is 0.892. The molecule has 2 bridgehead atoms. The fourth-order valence-corrected chi connectivity index (χ4v) is 5.95. The van der Waals surface area contributed by atoms with Crippen LogP contribution < -0.4 is 5.73 Å². The van der Waals surface area contributed by atoms with Crippen LogP contribution in [-0.2, 0) is 6.42 Å². The summed E-state index contributed by atoms with van der Waals surface area (Å²) in [6, 6.07) is 4.51. The Bertz CT molecular complexity index is 427. The third-order valence-electron chi connectivity index (χ3n) is 5.35. The van der Waals surface area contributed by atoms with Gasteiger partial charge in [0.15, 0.2) is 0 Å². The molecule has 1 aromatic rings. The number of hydrogen-bond acceptors (Lipinski definition) is 2. The minimum atomic E-state index is 0.378. The van der Waals surface area contributed by atoms with E-state index in [9.17, 15) is 0 Å². The van der Waals surface area contributed by atoms with Crippen LogP contribution in [0.5, 0.6) is 0 Å². The van der Waals surface area contributed by atoms with E-state index in [1.54, 1.807) is 11.3 Å². The average molecular weight is 268 g/mol. The van der Waals surface area contributed by atoms with Crippen molar-refractivity contribution < 1.29 is 0 Å². The highest BCUT2D eigenvalue weighted by Gasteiger charge is 2.65. The molecule has 0 aromatic carbocycles. The molecule has 0 spiro atoms. The van der Waals surface area contributed by atoms with E-state index in [0.29, 0.717) is 6.04 Å². The van der Waals surface area contributed by atoms with Crippen molar-refractivity contribution in [3.8, 4) is 0 Å². The Morgan fingerprint density at radius 2 is 2.00 bits per heavy atom.